The van der Waals surface area contributed by atoms with Crippen LogP contribution in [0.4, 0.5) is 0 Å². The molecule has 0 saturated carbocycles. The maximum absolute atomic E-state index is 11.3. The molecule has 1 rings (SSSR count). The van der Waals surface area contributed by atoms with Gasteiger partial charge in [-0.25, -0.2) is 0 Å². The van der Waals surface area contributed by atoms with Crippen molar-refractivity contribution in [2.45, 2.75) is 32.2 Å². The highest BCUT2D eigenvalue weighted by Gasteiger charge is 2.27. The first kappa shape index (κ1) is 12.0. The summed E-state index contributed by atoms with van der Waals surface area (Å²) in [4.78, 5) is 23.9. The van der Waals surface area contributed by atoms with Crippen LogP contribution in [0, 0.1) is 0 Å². The number of likely N-dealkylation sites (N-methyl/N-ethyl adjacent to an activating group) is 1. The SMILES string of the molecule is CCNC(=O)CN1CCCC1CC(=O)O. The smallest absolute Gasteiger partial charge is 0.304 e. The highest BCUT2D eigenvalue weighted by molar-refractivity contribution is 5.78. The van der Waals surface area contributed by atoms with Crippen molar-refractivity contribution in [3.63, 3.8) is 0 Å². The Bertz CT molecular complexity index is 243. The fourth-order valence-electron chi connectivity index (χ4n) is 1.97. The molecule has 0 aliphatic carbocycles. The molecule has 1 amide bonds. The Hall–Kier alpha value is -1.10. The normalized spacial score (nSPS) is 21.5. The van der Waals surface area contributed by atoms with Crippen LogP contribution in [0.5, 0.6) is 0 Å². The second-order valence-corrected chi connectivity index (χ2v) is 3.82. The number of hydrogen-bond donors (Lipinski definition) is 2. The van der Waals surface area contributed by atoms with Crippen molar-refractivity contribution < 1.29 is 14.7 Å². The van der Waals surface area contributed by atoms with Gasteiger partial charge in [0.2, 0.25) is 5.91 Å². The molecule has 2 N–H and O–H groups in total. The zero-order valence-corrected chi connectivity index (χ0v) is 9.03. The molecule has 0 aromatic carbocycles. The lowest BCUT2D eigenvalue weighted by Crippen LogP contribution is -2.40. The number of carbonyl (C=O) groups is 2. The van der Waals surface area contributed by atoms with Crippen molar-refractivity contribution in [1.82, 2.24) is 10.2 Å². The lowest BCUT2D eigenvalue weighted by atomic mass is 10.1. The number of carboxylic acid groups (broad SMARTS) is 1. The first-order valence-electron chi connectivity index (χ1n) is 5.36. The van der Waals surface area contributed by atoms with E-state index in [4.69, 9.17) is 5.11 Å². The van der Waals surface area contributed by atoms with Gasteiger partial charge >= 0.3 is 5.97 Å². The summed E-state index contributed by atoms with van der Waals surface area (Å²) in [5.41, 5.74) is 0. The van der Waals surface area contributed by atoms with E-state index < -0.39 is 5.97 Å². The van der Waals surface area contributed by atoms with Crippen molar-refractivity contribution in [3.05, 3.63) is 0 Å². The Morgan fingerprint density at radius 1 is 1.53 bits per heavy atom. The minimum atomic E-state index is -0.789. The predicted molar refractivity (Wildman–Crippen MR) is 55.5 cm³/mol. The average Bonchev–Trinajstić information content (AvgIpc) is 2.52. The summed E-state index contributed by atoms with van der Waals surface area (Å²) in [6.07, 6.45) is 2.00. The summed E-state index contributed by atoms with van der Waals surface area (Å²) in [5, 5.41) is 11.4. The molecule has 5 heteroatoms. The first-order valence-corrected chi connectivity index (χ1v) is 5.36. The number of nitrogens with one attached hydrogen (secondary N) is 1. The lowest BCUT2D eigenvalue weighted by molar-refractivity contribution is -0.138. The third kappa shape index (κ3) is 3.87. The summed E-state index contributed by atoms with van der Waals surface area (Å²) < 4.78 is 0. The van der Waals surface area contributed by atoms with Crippen LogP contribution in [0.3, 0.4) is 0 Å². The second kappa shape index (κ2) is 5.70. The van der Waals surface area contributed by atoms with Crippen molar-refractivity contribution in [3.8, 4) is 0 Å². The average molecular weight is 214 g/mol. The van der Waals surface area contributed by atoms with Crippen LogP contribution >= 0.6 is 0 Å². The number of hydrogen-bond acceptors (Lipinski definition) is 3. The van der Waals surface area contributed by atoms with Gasteiger partial charge in [0, 0.05) is 12.6 Å². The van der Waals surface area contributed by atoms with E-state index in [0.29, 0.717) is 13.1 Å². The summed E-state index contributed by atoms with van der Waals surface area (Å²) in [6.45, 7) is 3.65. The minimum absolute atomic E-state index is 0.0187. The second-order valence-electron chi connectivity index (χ2n) is 3.82. The highest BCUT2D eigenvalue weighted by atomic mass is 16.4. The zero-order chi connectivity index (χ0) is 11.3. The van der Waals surface area contributed by atoms with E-state index >= 15 is 0 Å². The predicted octanol–water partition coefficient (Wildman–Crippen LogP) is 0.0616. The number of nitrogens with zero attached hydrogens (tertiary/aromatic N) is 1. The molecule has 0 spiro atoms. The summed E-state index contributed by atoms with van der Waals surface area (Å²) in [7, 11) is 0. The number of carbonyl (C=O) groups excluding carboxylic acids is 1. The monoisotopic (exact) mass is 214 g/mol. The molecule has 15 heavy (non-hydrogen) atoms. The van der Waals surface area contributed by atoms with Crippen LogP contribution in [-0.2, 0) is 9.59 Å². The molecule has 5 nitrogen and oxygen atoms in total. The molecule has 86 valence electrons. The van der Waals surface area contributed by atoms with E-state index in [9.17, 15) is 9.59 Å². The van der Waals surface area contributed by atoms with Gasteiger partial charge in [0.05, 0.1) is 13.0 Å². The molecule has 1 aliphatic heterocycles. The molecular weight excluding hydrogens is 196 g/mol. The maximum Gasteiger partial charge on any atom is 0.304 e. The standard InChI is InChI=1S/C10H18N2O3/c1-2-11-9(13)7-12-5-3-4-8(12)6-10(14)15/h8H,2-7H2,1H3,(H,11,13)(H,14,15). The Labute approximate surface area is 89.4 Å². The fourth-order valence-corrected chi connectivity index (χ4v) is 1.97. The van der Waals surface area contributed by atoms with Gasteiger partial charge in [-0.05, 0) is 26.3 Å². The largest absolute Gasteiger partial charge is 0.481 e. The fraction of sp³-hybridized carbons (Fsp3) is 0.800. The quantitative estimate of drug-likeness (QED) is 0.679. The summed E-state index contributed by atoms with van der Waals surface area (Å²) in [6, 6.07) is 0.0325. The van der Waals surface area contributed by atoms with Crippen molar-refractivity contribution >= 4 is 11.9 Å². The topological polar surface area (TPSA) is 69.6 Å². The molecule has 1 atom stereocenters. The molecule has 0 aromatic rings. The van der Waals surface area contributed by atoms with Crippen LogP contribution in [0.1, 0.15) is 26.2 Å². The van der Waals surface area contributed by atoms with E-state index in [0.717, 1.165) is 19.4 Å². The first-order chi connectivity index (χ1) is 7.13. The highest BCUT2D eigenvalue weighted by Crippen LogP contribution is 2.19. The van der Waals surface area contributed by atoms with Crippen LogP contribution in [-0.4, -0.2) is 47.6 Å². The van der Waals surface area contributed by atoms with E-state index in [-0.39, 0.29) is 18.4 Å². The molecule has 0 radical (unpaired) electrons. The number of likely N-dealkylation sites (tertiary alicyclic amines) is 1. The molecule has 0 bridgehead atoms. The van der Waals surface area contributed by atoms with Crippen molar-refractivity contribution in [2.75, 3.05) is 19.6 Å². The molecule has 0 aromatic heterocycles. The van der Waals surface area contributed by atoms with Gasteiger partial charge in [-0.3, -0.25) is 14.5 Å². The lowest BCUT2D eigenvalue weighted by Gasteiger charge is -2.22. The van der Waals surface area contributed by atoms with Crippen LogP contribution in [0.15, 0.2) is 0 Å². The summed E-state index contributed by atoms with van der Waals surface area (Å²) >= 11 is 0. The van der Waals surface area contributed by atoms with E-state index in [1.165, 1.54) is 0 Å². The number of amides is 1. The maximum atomic E-state index is 11.3. The Morgan fingerprint density at radius 2 is 2.27 bits per heavy atom. The van der Waals surface area contributed by atoms with Gasteiger partial charge in [0.25, 0.3) is 0 Å². The molecular formula is C10H18N2O3. The third-order valence-electron chi connectivity index (χ3n) is 2.63. The number of carboxylic acids is 1. The van der Waals surface area contributed by atoms with Crippen molar-refractivity contribution in [2.24, 2.45) is 0 Å². The minimum Gasteiger partial charge on any atom is -0.481 e. The molecule has 1 unspecified atom stereocenters. The number of rotatable bonds is 5. The summed E-state index contributed by atoms with van der Waals surface area (Å²) in [5.74, 6) is -0.808. The van der Waals surface area contributed by atoms with Gasteiger partial charge in [-0.1, -0.05) is 0 Å². The Balaban J connectivity index is 2.39. The van der Waals surface area contributed by atoms with E-state index in [1.54, 1.807) is 0 Å². The van der Waals surface area contributed by atoms with Gasteiger partial charge in [0.1, 0.15) is 0 Å². The molecule has 1 saturated heterocycles. The Kier molecular flexibility index (Phi) is 4.55. The van der Waals surface area contributed by atoms with Gasteiger partial charge < -0.3 is 10.4 Å². The Morgan fingerprint density at radius 3 is 2.87 bits per heavy atom. The zero-order valence-electron chi connectivity index (χ0n) is 9.03. The van der Waals surface area contributed by atoms with Crippen LogP contribution in [0.2, 0.25) is 0 Å². The van der Waals surface area contributed by atoms with Gasteiger partial charge in [0.15, 0.2) is 0 Å². The van der Waals surface area contributed by atoms with Gasteiger partial charge in [-0.2, -0.15) is 0 Å². The van der Waals surface area contributed by atoms with Crippen LogP contribution in [0.25, 0.3) is 0 Å². The van der Waals surface area contributed by atoms with Crippen LogP contribution < -0.4 is 5.32 Å². The van der Waals surface area contributed by atoms with E-state index in [1.807, 2.05) is 11.8 Å². The van der Waals surface area contributed by atoms with Gasteiger partial charge in [-0.15, -0.1) is 0 Å². The molecule has 1 aliphatic rings. The van der Waals surface area contributed by atoms with Crippen molar-refractivity contribution in [1.29, 1.82) is 0 Å². The third-order valence-corrected chi connectivity index (χ3v) is 2.63. The number of aliphatic carboxylic acids is 1. The van der Waals surface area contributed by atoms with E-state index in [2.05, 4.69) is 5.32 Å². The molecule has 1 heterocycles. The molecule has 1 fully saturated rings.